The van der Waals surface area contributed by atoms with Crippen LogP contribution < -0.4 is 10.1 Å². The number of benzene rings is 2. The Morgan fingerprint density at radius 3 is 2.35 bits per heavy atom. The summed E-state index contributed by atoms with van der Waals surface area (Å²) < 4.78 is 6.21. The van der Waals surface area contributed by atoms with Gasteiger partial charge in [-0.05, 0) is 64.8 Å². The molecule has 1 atom stereocenters. The maximum absolute atomic E-state index is 6.22. The van der Waals surface area contributed by atoms with Gasteiger partial charge in [0, 0.05) is 5.02 Å². The van der Waals surface area contributed by atoms with Gasteiger partial charge in [-0.3, -0.25) is 0 Å². The third-order valence-corrected chi connectivity index (χ3v) is 4.35. The van der Waals surface area contributed by atoms with Crippen LogP contribution in [0.1, 0.15) is 22.7 Å². The van der Waals surface area contributed by atoms with Gasteiger partial charge >= 0.3 is 0 Å². The molecule has 0 fully saturated rings. The smallest absolute Gasteiger partial charge is 0.133 e. The van der Waals surface area contributed by atoms with E-state index in [4.69, 9.17) is 16.3 Å². The van der Waals surface area contributed by atoms with Crippen LogP contribution >= 0.6 is 27.5 Å². The van der Waals surface area contributed by atoms with E-state index in [9.17, 15) is 0 Å². The van der Waals surface area contributed by atoms with Crippen molar-refractivity contribution >= 4 is 27.5 Å². The van der Waals surface area contributed by atoms with E-state index in [2.05, 4.69) is 39.4 Å². The van der Waals surface area contributed by atoms with Crippen LogP contribution in [0.2, 0.25) is 5.02 Å². The molecule has 0 heterocycles. The zero-order chi connectivity index (χ0) is 14.7. The molecule has 0 saturated carbocycles. The van der Waals surface area contributed by atoms with Gasteiger partial charge in [0.25, 0.3) is 0 Å². The van der Waals surface area contributed by atoms with E-state index in [-0.39, 0.29) is 6.04 Å². The Bertz CT molecular complexity index is 615. The van der Waals surface area contributed by atoms with Crippen LogP contribution in [0.3, 0.4) is 0 Å². The van der Waals surface area contributed by atoms with Crippen LogP contribution in [-0.2, 0) is 0 Å². The Labute approximate surface area is 133 Å². The van der Waals surface area contributed by atoms with E-state index in [0.717, 1.165) is 31.9 Å². The summed E-state index contributed by atoms with van der Waals surface area (Å²) in [6, 6.07) is 12.3. The minimum Gasteiger partial charge on any atom is -0.496 e. The number of aryl methyl sites for hydroxylation is 1. The second-order valence-corrected chi connectivity index (χ2v) is 5.89. The molecule has 2 nitrogen and oxygen atoms in total. The topological polar surface area (TPSA) is 21.3 Å². The summed E-state index contributed by atoms with van der Waals surface area (Å²) in [5, 5.41) is 4.11. The average Bonchev–Trinajstić information content (AvgIpc) is 2.44. The van der Waals surface area contributed by atoms with E-state index >= 15 is 0 Å². The minimum atomic E-state index is 0.0929. The van der Waals surface area contributed by atoms with Crippen molar-refractivity contribution in [2.45, 2.75) is 13.0 Å². The fraction of sp³-hybridized carbons (Fsp3) is 0.250. The maximum atomic E-state index is 6.22. The van der Waals surface area contributed by atoms with Gasteiger partial charge in [-0.25, -0.2) is 0 Å². The van der Waals surface area contributed by atoms with Crippen LogP contribution in [0.15, 0.2) is 40.9 Å². The largest absolute Gasteiger partial charge is 0.496 e. The Morgan fingerprint density at radius 2 is 1.80 bits per heavy atom. The minimum absolute atomic E-state index is 0.0929. The van der Waals surface area contributed by atoms with Gasteiger partial charge < -0.3 is 10.1 Å². The molecular formula is C16H17BrClNO. The highest BCUT2D eigenvalue weighted by atomic mass is 79.9. The average molecular weight is 355 g/mol. The van der Waals surface area contributed by atoms with Crippen molar-refractivity contribution in [2.24, 2.45) is 0 Å². The lowest BCUT2D eigenvalue weighted by molar-refractivity contribution is 0.412. The van der Waals surface area contributed by atoms with Gasteiger partial charge in [0.05, 0.1) is 17.6 Å². The molecule has 0 amide bonds. The molecule has 0 saturated heterocycles. The standard InChI is InChI=1S/C16H17BrClNO/c1-10-4-5-12(9-14(10)18)16(19-2)11-6-7-15(20-3)13(17)8-11/h4-9,16,19H,1-3H3. The first kappa shape index (κ1) is 15.4. The number of nitrogens with one attached hydrogen (secondary N) is 1. The number of hydrogen-bond acceptors (Lipinski definition) is 2. The lowest BCUT2D eigenvalue weighted by Gasteiger charge is -2.19. The predicted octanol–water partition coefficient (Wildman–Crippen LogP) is 4.73. The van der Waals surface area contributed by atoms with Crippen molar-refractivity contribution in [1.82, 2.24) is 5.32 Å². The highest BCUT2D eigenvalue weighted by Gasteiger charge is 2.14. The second-order valence-electron chi connectivity index (χ2n) is 4.62. The van der Waals surface area contributed by atoms with Crippen LogP contribution in [0, 0.1) is 6.92 Å². The zero-order valence-corrected chi connectivity index (χ0v) is 14.0. The molecule has 0 aliphatic heterocycles. The number of rotatable bonds is 4. The molecule has 2 rings (SSSR count). The normalized spacial score (nSPS) is 12.2. The molecule has 0 aliphatic carbocycles. The molecule has 1 unspecified atom stereocenters. The summed E-state index contributed by atoms with van der Waals surface area (Å²) in [5.41, 5.74) is 3.38. The van der Waals surface area contributed by atoms with Crippen molar-refractivity contribution in [1.29, 1.82) is 0 Å². The molecule has 0 radical (unpaired) electrons. The summed E-state index contributed by atoms with van der Waals surface area (Å²) in [4.78, 5) is 0. The van der Waals surface area contributed by atoms with E-state index < -0.39 is 0 Å². The Kier molecular flexibility index (Phi) is 5.08. The molecule has 2 aromatic rings. The fourth-order valence-electron chi connectivity index (χ4n) is 2.18. The zero-order valence-electron chi connectivity index (χ0n) is 11.7. The molecule has 106 valence electrons. The highest BCUT2D eigenvalue weighted by molar-refractivity contribution is 9.10. The third kappa shape index (κ3) is 3.17. The molecular weight excluding hydrogens is 338 g/mol. The van der Waals surface area contributed by atoms with Gasteiger partial charge in [-0.1, -0.05) is 29.8 Å². The van der Waals surface area contributed by atoms with Crippen molar-refractivity contribution in [3.05, 3.63) is 62.6 Å². The van der Waals surface area contributed by atoms with Crippen molar-refractivity contribution in [3.8, 4) is 5.75 Å². The molecule has 2 aromatic carbocycles. The molecule has 0 spiro atoms. The van der Waals surface area contributed by atoms with Gasteiger partial charge in [0.15, 0.2) is 0 Å². The Hall–Kier alpha value is -1.03. The quantitative estimate of drug-likeness (QED) is 0.857. The molecule has 0 aromatic heterocycles. The molecule has 4 heteroatoms. The SMILES string of the molecule is CNC(c1ccc(C)c(Cl)c1)c1ccc(OC)c(Br)c1. The van der Waals surface area contributed by atoms with Crippen LogP contribution in [-0.4, -0.2) is 14.2 Å². The maximum Gasteiger partial charge on any atom is 0.133 e. The second kappa shape index (κ2) is 6.61. The summed E-state index contributed by atoms with van der Waals surface area (Å²) in [6.45, 7) is 2.00. The van der Waals surface area contributed by atoms with Gasteiger partial charge in [0.2, 0.25) is 0 Å². The van der Waals surface area contributed by atoms with Crippen molar-refractivity contribution in [2.75, 3.05) is 14.2 Å². The Balaban J connectivity index is 2.41. The van der Waals surface area contributed by atoms with Crippen LogP contribution in [0.4, 0.5) is 0 Å². The number of hydrogen-bond donors (Lipinski definition) is 1. The van der Waals surface area contributed by atoms with E-state index in [1.165, 1.54) is 0 Å². The fourth-order valence-corrected chi connectivity index (χ4v) is 2.92. The lowest BCUT2D eigenvalue weighted by atomic mass is 9.98. The number of halogens is 2. The first-order valence-corrected chi connectivity index (χ1v) is 7.50. The van der Waals surface area contributed by atoms with Crippen LogP contribution in [0.5, 0.6) is 5.75 Å². The molecule has 20 heavy (non-hydrogen) atoms. The molecule has 1 N–H and O–H groups in total. The predicted molar refractivity (Wildman–Crippen MR) is 87.8 cm³/mol. The number of ether oxygens (including phenoxy) is 1. The van der Waals surface area contributed by atoms with Crippen LogP contribution in [0.25, 0.3) is 0 Å². The summed E-state index contributed by atoms with van der Waals surface area (Å²) in [7, 11) is 3.60. The summed E-state index contributed by atoms with van der Waals surface area (Å²) in [5.74, 6) is 0.825. The van der Waals surface area contributed by atoms with Gasteiger partial charge in [-0.2, -0.15) is 0 Å². The van der Waals surface area contributed by atoms with Gasteiger partial charge in [-0.15, -0.1) is 0 Å². The van der Waals surface area contributed by atoms with E-state index in [1.54, 1.807) is 7.11 Å². The first-order chi connectivity index (χ1) is 9.56. The molecule has 0 bridgehead atoms. The summed E-state index contributed by atoms with van der Waals surface area (Å²) >= 11 is 9.75. The highest BCUT2D eigenvalue weighted by Crippen LogP contribution is 2.31. The summed E-state index contributed by atoms with van der Waals surface area (Å²) in [6.07, 6.45) is 0. The van der Waals surface area contributed by atoms with Crippen molar-refractivity contribution in [3.63, 3.8) is 0 Å². The molecule has 0 aliphatic rings. The first-order valence-electron chi connectivity index (χ1n) is 6.33. The Morgan fingerprint density at radius 1 is 1.15 bits per heavy atom. The van der Waals surface area contributed by atoms with E-state index in [1.807, 2.05) is 32.2 Å². The monoisotopic (exact) mass is 353 g/mol. The lowest BCUT2D eigenvalue weighted by Crippen LogP contribution is -2.17. The van der Waals surface area contributed by atoms with Gasteiger partial charge in [0.1, 0.15) is 5.75 Å². The van der Waals surface area contributed by atoms with Crippen molar-refractivity contribution < 1.29 is 4.74 Å². The number of methoxy groups -OCH3 is 1. The van der Waals surface area contributed by atoms with E-state index in [0.29, 0.717) is 0 Å². The third-order valence-electron chi connectivity index (χ3n) is 3.33.